The molecule has 0 aromatic heterocycles. The van der Waals surface area contributed by atoms with E-state index in [9.17, 15) is 0 Å². The Morgan fingerprint density at radius 3 is 1.14 bits per heavy atom. The van der Waals surface area contributed by atoms with Gasteiger partial charge < -0.3 is 12.6 Å². The molecule has 0 aromatic rings. The van der Waals surface area contributed by atoms with Crippen LogP contribution in [0.15, 0.2) is 0 Å². The van der Waals surface area contributed by atoms with Crippen molar-refractivity contribution < 1.29 is 12.6 Å². The molecule has 0 fully saturated rings. The number of hydrogen-bond donors (Lipinski definition) is 0. The second-order valence-corrected chi connectivity index (χ2v) is 5.60. The molecule has 0 spiro atoms. The molecule has 0 amide bonds. The first-order chi connectivity index (χ1) is 3.35. The summed E-state index contributed by atoms with van der Waals surface area (Å²) in [4.78, 5) is 0. The Hall–Kier alpha value is 0.961. The summed E-state index contributed by atoms with van der Waals surface area (Å²) >= 11 is 0. The average molecular weight is 172 g/mol. The van der Waals surface area contributed by atoms with Crippen molar-refractivity contribution in [2.45, 2.75) is 0 Å². The Kier molecular flexibility index (Phi) is 5.80. The lowest BCUT2D eigenvalue weighted by atomic mass is 15.7. The fourth-order valence-electron chi connectivity index (χ4n) is 0.224. The van der Waals surface area contributed by atoms with E-state index in [4.69, 9.17) is 12.6 Å². The van der Waals surface area contributed by atoms with Gasteiger partial charge in [0.05, 0.1) is 0 Å². The second kappa shape index (κ2) is 5.10. The smallest absolute Gasteiger partial charge is 0.297 e. The lowest BCUT2D eigenvalue weighted by Crippen LogP contribution is -1.85. The molecule has 44 valence electrons. The third kappa shape index (κ3) is 3.54. The van der Waals surface area contributed by atoms with Crippen LogP contribution in [0.1, 0.15) is 0 Å². The summed E-state index contributed by atoms with van der Waals surface area (Å²) in [5, 5.41) is 0. The van der Waals surface area contributed by atoms with Crippen LogP contribution in [-0.4, -0.2) is 31.5 Å². The van der Waals surface area contributed by atoms with Crippen LogP contribution in [0.4, 0.5) is 0 Å². The zero-order valence-electron chi connectivity index (χ0n) is 4.67. The maximum Gasteiger partial charge on any atom is 0.297 e. The monoisotopic (exact) mass is 172 g/mol. The van der Waals surface area contributed by atoms with Gasteiger partial charge in [-0.2, -0.15) is 0 Å². The Morgan fingerprint density at radius 1 is 0.857 bits per heavy atom. The third-order valence-corrected chi connectivity index (χ3v) is 4.02. The van der Waals surface area contributed by atoms with Crippen LogP contribution in [0, 0.1) is 0 Å². The van der Waals surface area contributed by atoms with Gasteiger partial charge in [-0.3, -0.25) is 0 Å². The third-order valence-electron chi connectivity index (χ3n) is 0.447. The highest BCUT2D eigenvalue weighted by Crippen LogP contribution is 2.34. The van der Waals surface area contributed by atoms with E-state index >= 15 is 0 Å². The molecule has 0 unspecified atom stereocenters. The molecule has 0 aromatic carbocycles. The van der Waals surface area contributed by atoms with Gasteiger partial charge in [0, 0.05) is 0 Å². The van der Waals surface area contributed by atoms with E-state index < -0.39 is 8.60 Å². The molecular weight excluding hydrogens is 163 g/mol. The fourth-order valence-corrected chi connectivity index (χ4v) is 6.04. The number of hydrogen-bond acceptors (Lipinski definition) is 3. The molecule has 0 bridgehead atoms. The molecule has 0 saturated heterocycles. The summed E-state index contributed by atoms with van der Waals surface area (Å²) in [7, 11) is 1.28. The van der Waals surface area contributed by atoms with E-state index in [1.54, 1.807) is 0 Å². The first-order valence-electron chi connectivity index (χ1n) is 1.77. The summed E-state index contributed by atoms with van der Waals surface area (Å²) in [6.07, 6.45) is 0. The Balaban J connectivity index is 2.99. The largest absolute Gasteiger partial charge is 0.367 e. The Labute approximate surface area is 53.4 Å². The summed E-state index contributed by atoms with van der Waals surface area (Å²) in [5.41, 5.74) is 0. The molecule has 0 aliphatic carbocycles. The first kappa shape index (κ1) is 7.96. The van der Waals surface area contributed by atoms with Crippen molar-refractivity contribution in [1.29, 1.82) is 0 Å². The molecule has 0 saturated carbocycles. The molecular formula is H9O3PSi3. The normalized spacial score (nSPS) is 15.4. The summed E-state index contributed by atoms with van der Waals surface area (Å²) in [5.74, 6) is 0. The fraction of sp³-hybridized carbons (Fsp3) is 0. The van der Waals surface area contributed by atoms with Crippen molar-refractivity contribution in [2.24, 2.45) is 0 Å². The van der Waals surface area contributed by atoms with Gasteiger partial charge in [0.15, 0.2) is 31.5 Å². The first-order valence-corrected chi connectivity index (χ1v) is 5.32. The summed E-state index contributed by atoms with van der Waals surface area (Å²) in [6, 6.07) is 0. The highest BCUT2D eigenvalue weighted by atomic mass is 31.2. The number of rotatable bonds is 3. The molecule has 0 rings (SSSR count). The zero-order valence-corrected chi connectivity index (χ0v) is 11.6. The van der Waals surface area contributed by atoms with Crippen molar-refractivity contribution in [2.75, 3.05) is 0 Å². The molecule has 0 aliphatic heterocycles. The topological polar surface area (TPSA) is 27.7 Å². The second-order valence-electron chi connectivity index (χ2n) is 0.771. The van der Waals surface area contributed by atoms with Crippen LogP contribution in [0.5, 0.6) is 0 Å². The molecule has 7 heavy (non-hydrogen) atoms. The minimum Gasteiger partial charge on any atom is -0.367 e. The van der Waals surface area contributed by atoms with Crippen LogP contribution in [0.2, 0.25) is 0 Å². The van der Waals surface area contributed by atoms with E-state index in [2.05, 4.69) is 0 Å². The van der Waals surface area contributed by atoms with Gasteiger partial charge in [0.1, 0.15) is 0 Å². The minimum atomic E-state index is -0.869. The zero-order chi connectivity index (χ0) is 5.70. The molecule has 0 aliphatic rings. The molecule has 0 heterocycles. The van der Waals surface area contributed by atoms with Crippen LogP contribution in [0.3, 0.4) is 0 Å². The predicted molar refractivity (Wildman–Crippen MR) is 40.0 cm³/mol. The Bertz CT molecular complexity index is 31.7. The maximum absolute atomic E-state index is 4.88. The van der Waals surface area contributed by atoms with Crippen molar-refractivity contribution in [3.63, 3.8) is 0 Å². The van der Waals surface area contributed by atoms with Gasteiger partial charge in [-0.1, -0.05) is 0 Å². The van der Waals surface area contributed by atoms with E-state index in [1.807, 2.05) is 0 Å². The van der Waals surface area contributed by atoms with Crippen molar-refractivity contribution in [3.05, 3.63) is 0 Å². The van der Waals surface area contributed by atoms with Gasteiger partial charge in [-0.15, -0.1) is 0 Å². The van der Waals surface area contributed by atoms with Gasteiger partial charge in [0.25, 0.3) is 8.60 Å². The van der Waals surface area contributed by atoms with Crippen LogP contribution in [-0.2, 0) is 12.6 Å². The van der Waals surface area contributed by atoms with Crippen molar-refractivity contribution >= 4 is 40.1 Å². The van der Waals surface area contributed by atoms with Crippen molar-refractivity contribution in [1.82, 2.24) is 0 Å². The molecule has 7 heteroatoms. The SMILES string of the molecule is [SiH3]OP(O[SiH3])O[SiH3]. The lowest BCUT2D eigenvalue weighted by molar-refractivity contribution is 0.436. The van der Waals surface area contributed by atoms with E-state index in [-0.39, 0.29) is 0 Å². The van der Waals surface area contributed by atoms with Crippen LogP contribution in [0.25, 0.3) is 0 Å². The minimum absolute atomic E-state index is 0.715. The Morgan fingerprint density at radius 2 is 1.14 bits per heavy atom. The highest BCUT2D eigenvalue weighted by molar-refractivity contribution is 7.44. The van der Waals surface area contributed by atoms with Crippen molar-refractivity contribution in [3.8, 4) is 0 Å². The standard InChI is InChI=1S/H9O3PSi3/c5-1-4(2-6)3-7/h5-7H3. The van der Waals surface area contributed by atoms with Gasteiger partial charge in [-0.25, -0.2) is 0 Å². The van der Waals surface area contributed by atoms with Crippen LogP contribution >= 0.6 is 8.60 Å². The average Bonchev–Trinajstić information content (AvgIpc) is 1.72. The lowest BCUT2D eigenvalue weighted by Gasteiger charge is -2.08. The molecule has 3 nitrogen and oxygen atoms in total. The molecule has 0 radical (unpaired) electrons. The van der Waals surface area contributed by atoms with Crippen LogP contribution < -0.4 is 0 Å². The van der Waals surface area contributed by atoms with E-state index in [1.165, 1.54) is 0 Å². The summed E-state index contributed by atoms with van der Waals surface area (Å²) in [6.45, 7) is 0. The van der Waals surface area contributed by atoms with Gasteiger partial charge in [0.2, 0.25) is 0 Å². The quantitative estimate of drug-likeness (QED) is 0.338. The van der Waals surface area contributed by atoms with Gasteiger partial charge in [-0.05, 0) is 0 Å². The highest BCUT2D eigenvalue weighted by Gasteiger charge is 1.98. The molecule has 0 atom stereocenters. The van der Waals surface area contributed by atoms with E-state index in [0.29, 0.717) is 31.5 Å². The predicted octanol–water partition coefficient (Wildman–Crippen LogP) is -2.90. The summed E-state index contributed by atoms with van der Waals surface area (Å²) < 4.78 is 14.6. The molecule has 0 N–H and O–H groups in total. The maximum atomic E-state index is 4.88. The van der Waals surface area contributed by atoms with Gasteiger partial charge >= 0.3 is 0 Å². The van der Waals surface area contributed by atoms with E-state index in [0.717, 1.165) is 0 Å².